The van der Waals surface area contributed by atoms with Gasteiger partial charge in [-0.2, -0.15) is 52.7 Å². The van der Waals surface area contributed by atoms with Crippen molar-refractivity contribution in [3.63, 3.8) is 0 Å². The first-order chi connectivity index (χ1) is 12.2. The van der Waals surface area contributed by atoms with Crippen LogP contribution in [0.15, 0.2) is 11.9 Å². The van der Waals surface area contributed by atoms with Crippen LogP contribution in [-0.4, -0.2) is 54.3 Å². The third kappa shape index (κ3) is 3.52. The van der Waals surface area contributed by atoms with E-state index in [2.05, 4.69) is 4.74 Å². The zero-order valence-electron chi connectivity index (χ0n) is 12.5. The molecule has 0 N–H and O–H groups in total. The number of ketones is 2. The zero-order chi connectivity index (χ0) is 23.1. The Balaban J connectivity index is 6.87. The minimum Gasteiger partial charge on any atom is -0.464 e. The van der Waals surface area contributed by atoms with E-state index in [-0.39, 0.29) is 7.11 Å². The van der Waals surface area contributed by atoms with Crippen molar-refractivity contribution in [1.29, 1.82) is 0 Å². The highest BCUT2D eigenvalue weighted by atomic mass is 19.4. The van der Waals surface area contributed by atoms with Crippen LogP contribution in [0.1, 0.15) is 0 Å². The maximum Gasteiger partial charge on any atom is 0.436 e. The molecule has 162 valence electrons. The normalized spacial score (nSPS) is 15.5. The van der Waals surface area contributed by atoms with E-state index in [0.717, 1.165) is 0 Å². The van der Waals surface area contributed by atoms with E-state index >= 15 is 0 Å². The summed E-state index contributed by atoms with van der Waals surface area (Å²) in [5.41, 5.74) is -7.66. The Morgan fingerprint density at radius 3 is 1.36 bits per heavy atom. The zero-order valence-corrected chi connectivity index (χ0v) is 12.5. The summed E-state index contributed by atoms with van der Waals surface area (Å²) in [4.78, 5) is 32.3. The first-order valence-electron chi connectivity index (χ1n) is 5.93. The highest BCUT2D eigenvalue weighted by Gasteiger charge is 2.86. The molecule has 1 unspecified atom stereocenters. The second kappa shape index (κ2) is 7.23. The average molecular weight is 446 g/mol. The number of hydrogen-bond donors (Lipinski definition) is 0. The predicted octanol–water partition coefficient (Wildman–Crippen LogP) is 3.55. The Morgan fingerprint density at radius 1 is 0.679 bits per heavy atom. The quantitative estimate of drug-likeness (QED) is 0.341. The van der Waals surface area contributed by atoms with Crippen LogP contribution in [0.3, 0.4) is 0 Å². The average Bonchev–Trinajstić information content (AvgIpc) is 2.56. The topological polar surface area (TPSA) is 60.4 Å². The number of halogens is 13. The van der Waals surface area contributed by atoms with E-state index in [1.165, 1.54) is 0 Å². The maximum absolute atomic E-state index is 13.9. The number of methoxy groups -OCH3 is 1. The van der Waals surface area contributed by atoms with Gasteiger partial charge in [-0.1, -0.05) is 0 Å². The van der Waals surface area contributed by atoms with Gasteiger partial charge in [0.15, 0.2) is 0 Å². The molecule has 0 rings (SSSR count). The van der Waals surface area contributed by atoms with Gasteiger partial charge in [-0.15, -0.1) is 0 Å². The molecule has 0 spiro atoms. The summed E-state index contributed by atoms with van der Waals surface area (Å²) in [5, 5.41) is 0. The van der Waals surface area contributed by atoms with E-state index in [4.69, 9.17) is 0 Å². The van der Waals surface area contributed by atoms with Crippen molar-refractivity contribution in [1.82, 2.24) is 0 Å². The highest BCUT2D eigenvalue weighted by molar-refractivity contribution is 6.08. The van der Waals surface area contributed by atoms with E-state index in [0.29, 0.717) is 0 Å². The van der Waals surface area contributed by atoms with E-state index in [9.17, 15) is 71.5 Å². The lowest BCUT2D eigenvalue weighted by atomic mass is 9.83. The Morgan fingerprint density at radius 2 is 1.07 bits per heavy atom. The molecular weight excluding hydrogens is 443 g/mol. The lowest BCUT2D eigenvalue weighted by Gasteiger charge is -2.35. The maximum atomic E-state index is 13.9. The summed E-state index contributed by atoms with van der Waals surface area (Å²) >= 11 is 0. The third-order valence-corrected chi connectivity index (χ3v) is 2.91. The number of carbonyl (C=O) groups excluding carboxylic acids is 3. The van der Waals surface area contributed by atoms with Gasteiger partial charge in [-0.3, -0.25) is 9.59 Å². The van der Waals surface area contributed by atoms with Crippen LogP contribution in [-0.2, 0) is 19.1 Å². The molecule has 0 heterocycles. The summed E-state index contributed by atoms with van der Waals surface area (Å²) in [7, 11) is -0.0778. The molecule has 17 heteroatoms. The molecule has 28 heavy (non-hydrogen) atoms. The number of allylic oxidation sites excluding steroid dienone is 1. The smallest absolute Gasteiger partial charge is 0.436 e. The van der Waals surface area contributed by atoms with Crippen LogP contribution in [0, 0.1) is 0 Å². The van der Waals surface area contributed by atoms with Crippen LogP contribution in [0.5, 0.6) is 0 Å². The molecule has 0 aliphatic carbocycles. The molecule has 1 atom stereocenters. The first kappa shape index (κ1) is 25.6. The van der Waals surface area contributed by atoms with Crippen molar-refractivity contribution < 1.29 is 76.2 Å². The SMILES string of the molecule is COC(=O)C(F)(F)C(F)(F)C(=O)C(F)(C(F)(F)F)C(F)(F)C(=O)C(F)=C(F)F. The van der Waals surface area contributed by atoms with Crippen LogP contribution >= 0.6 is 0 Å². The Labute approximate surface area is 143 Å². The molecule has 0 aromatic carbocycles. The molecule has 0 aliphatic heterocycles. The van der Waals surface area contributed by atoms with Gasteiger partial charge >= 0.3 is 41.7 Å². The van der Waals surface area contributed by atoms with Crippen LogP contribution in [0.4, 0.5) is 57.1 Å². The van der Waals surface area contributed by atoms with Crippen LogP contribution < -0.4 is 0 Å². The van der Waals surface area contributed by atoms with Crippen molar-refractivity contribution in [3.8, 4) is 0 Å². The third-order valence-electron chi connectivity index (χ3n) is 2.91. The number of Topliss-reactive ketones (excluding diaryl/α,β-unsaturated/α-hetero) is 2. The molecule has 4 nitrogen and oxygen atoms in total. The summed E-state index contributed by atoms with van der Waals surface area (Å²) in [6.07, 6.45) is -11.7. The largest absolute Gasteiger partial charge is 0.464 e. The van der Waals surface area contributed by atoms with Crippen LogP contribution in [0.2, 0.25) is 0 Å². The summed E-state index contributed by atoms with van der Waals surface area (Å²) in [6.45, 7) is 0. The molecule has 0 saturated heterocycles. The lowest BCUT2D eigenvalue weighted by Crippen LogP contribution is -2.70. The summed E-state index contributed by atoms with van der Waals surface area (Å²) in [5.74, 6) is -38.6. The second-order valence-corrected chi connectivity index (χ2v) is 4.60. The molecular formula is C11H3F13O4. The standard InChI is InChI=1S/C11H3F13O4/c1-28-6(27)10(20,21)9(18,19)5(26)7(15,11(22,23)24)8(16,17)3(25)2(12)4(13)14/h1H3. The fourth-order valence-electron chi connectivity index (χ4n) is 1.44. The Hall–Kier alpha value is -2.36. The highest BCUT2D eigenvalue weighted by Crippen LogP contribution is 2.52. The summed E-state index contributed by atoms with van der Waals surface area (Å²) < 4.78 is 171. The number of esters is 1. The second-order valence-electron chi connectivity index (χ2n) is 4.60. The first-order valence-corrected chi connectivity index (χ1v) is 5.93. The number of carbonyl (C=O) groups is 3. The summed E-state index contributed by atoms with van der Waals surface area (Å²) in [6, 6.07) is 0. The van der Waals surface area contributed by atoms with E-state index in [1.54, 1.807) is 0 Å². The van der Waals surface area contributed by atoms with Crippen molar-refractivity contribution in [2.75, 3.05) is 7.11 Å². The Bertz CT molecular complexity index is 704. The van der Waals surface area contributed by atoms with Gasteiger partial charge in [-0.25, -0.2) is 9.18 Å². The van der Waals surface area contributed by atoms with Gasteiger partial charge in [0.05, 0.1) is 7.11 Å². The van der Waals surface area contributed by atoms with Crippen molar-refractivity contribution in [3.05, 3.63) is 11.9 Å². The minimum absolute atomic E-state index is 0.0778. The fourth-order valence-corrected chi connectivity index (χ4v) is 1.44. The number of alkyl halides is 10. The molecule has 0 aliphatic rings. The van der Waals surface area contributed by atoms with Crippen molar-refractivity contribution >= 4 is 17.5 Å². The molecule has 0 saturated carbocycles. The van der Waals surface area contributed by atoms with Gasteiger partial charge in [0.2, 0.25) is 5.83 Å². The molecule has 0 aromatic heterocycles. The van der Waals surface area contributed by atoms with Gasteiger partial charge in [0, 0.05) is 0 Å². The van der Waals surface area contributed by atoms with E-state index < -0.39 is 59.1 Å². The van der Waals surface area contributed by atoms with Gasteiger partial charge < -0.3 is 4.74 Å². The minimum atomic E-state index is -7.66. The predicted molar refractivity (Wildman–Crippen MR) is 57.1 cm³/mol. The molecule has 0 bridgehead atoms. The molecule has 0 aromatic rings. The molecule has 0 fully saturated rings. The molecule has 0 radical (unpaired) electrons. The van der Waals surface area contributed by atoms with Gasteiger partial charge in [-0.05, 0) is 0 Å². The van der Waals surface area contributed by atoms with Gasteiger partial charge in [0.25, 0.3) is 11.6 Å². The molecule has 0 amide bonds. The lowest BCUT2D eigenvalue weighted by molar-refractivity contribution is -0.295. The number of ether oxygens (including phenoxy) is 1. The van der Waals surface area contributed by atoms with Crippen molar-refractivity contribution in [2.24, 2.45) is 0 Å². The van der Waals surface area contributed by atoms with Crippen molar-refractivity contribution in [2.45, 2.75) is 29.6 Å². The van der Waals surface area contributed by atoms with Gasteiger partial charge in [0.1, 0.15) is 0 Å². The monoisotopic (exact) mass is 446 g/mol. The number of hydrogen-bond acceptors (Lipinski definition) is 4. The fraction of sp³-hybridized carbons (Fsp3) is 0.545. The van der Waals surface area contributed by atoms with E-state index in [1.807, 2.05) is 0 Å². The Kier molecular flexibility index (Phi) is 6.62. The number of rotatable bonds is 7. The van der Waals surface area contributed by atoms with Crippen LogP contribution in [0.25, 0.3) is 0 Å².